The molecule has 0 aromatic carbocycles. The fraction of sp³-hybridized carbons (Fsp3) is 0.667. The maximum absolute atomic E-state index is 12.3. The van der Waals surface area contributed by atoms with Crippen LogP contribution in [0, 0.1) is 12.8 Å². The summed E-state index contributed by atoms with van der Waals surface area (Å²) in [6.07, 6.45) is 0.696. The van der Waals surface area contributed by atoms with E-state index in [0.717, 1.165) is 11.3 Å². The molecule has 0 saturated carbocycles. The van der Waals surface area contributed by atoms with Gasteiger partial charge in [-0.05, 0) is 19.3 Å². The van der Waals surface area contributed by atoms with Crippen LogP contribution in [-0.2, 0) is 10.0 Å². The molecule has 0 radical (unpaired) electrons. The SMILES string of the molecule is Cc1nc(Cl)sc1S(=O)(=O)N1CCC(CO)C1. The van der Waals surface area contributed by atoms with E-state index in [1.807, 2.05) is 0 Å². The Kier molecular flexibility index (Phi) is 3.74. The van der Waals surface area contributed by atoms with Crippen molar-refractivity contribution in [3.05, 3.63) is 10.2 Å². The van der Waals surface area contributed by atoms with Gasteiger partial charge in [-0.3, -0.25) is 0 Å². The molecule has 5 nitrogen and oxygen atoms in total. The van der Waals surface area contributed by atoms with Gasteiger partial charge in [0.15, 0.2) is 8.68 Å². The molecular formula is C9H13ClN2O3S2. The van der Waals surface area contributed by atoms with Crippen LogP contribution >= 0.6 is 22.9 Å². The van der Waals surface area contributed by atoms with Gasteiger partial charge in [0.1, 0.15) is 0 Å². The Morgan fingerprint density at radius 2 is 2.35 bits per heavy atom. The molecule has 0 aliphatic carbocycles. The number of halogens is 1. The Balaban J connectivity index is 2.28. The molecule has 1 fully saturated rings. The van der Waals surface area contributed by atoms with Crippen molar-refractivity contribution in [2.45, 2.75) is 17.6 Å². The second-order valence-corrected chi connectivity index (χ2v) is 7.75. The van der Waals surface area contributed by atoms with Crippen molar-refractivity contribution >= 4 is 33.0 Å². The van der Waals surface area contributed by atoms with E-state index in [9.17, 15) is 8.42 Å². The van der Waals surface area contributed by atoms with Crippen LogP contribution in [0.5, 0.6) is 0 Å². The molecule has 8 heteroatoms. The number of aromatic nitrogens is 1. The standard InChI is InChI=1S/C9H13ClN2O3S2/c1-6-8(16-9(10)11-6)17(14,15)12-3-2-7(4-12)5-13/h7,13H,2-5H2,1H3. The third kappa shape index (κ3) is 2.48. The molecule has 0 spiro atoms. The maximum Gasteiger partial charge on any atom is 0.254 e. The quantitative estimate of drug-likeness (QED) is 0.907. The van der Waals surface area contributed by atoms with Gasteiger partial charge < -0.3 is 5.11 Å². The van der Waals surface area contributed by atoms with Gasteiger partial charge in [0.2, 0.25) is 0 Å². The zero-order chi connectivity index (χ0) is 12.6. The van der Waals surface area contributed by atoms with Gasteiger partial charge in [-0.1, -0.05) is 22.9 Å². The summed E-state index contributed by atoms with van der Waals surface area (Å²) in [6.45, 7) is 2.47. The van der Waals surface area contributed by atoms with Gasteiger partial charge in [0.05, 0.1) is 5.69 Å². The van der Waals surface area contributed by atoms with Gasteiger partial charge >= 0.3 is 0 Å². The monoisotopic (exact) mass is 296 g/mol. The summed E-state index contributed by atoms with van der Waals surface area (Å²) in [7, 11) is -3.50. The van der Waals surface area contributed by atoms with Crippen molar-refractivity contribution in [2.75, 3.05) is 19.7 Å². The van der Waals surface area contributed by atoms with Crippen LogP contribution in [0.4, 0.5) is 0 Å². The normalized spacial score (nSPS) is 22.2. The largest absolute Gasteiger partial charge is 0.396 e. The molecule has 1 atom stereocenters. The Labute approximate surface area is 109 Å². The molecule has 0 amide bonds. The first-order chi connectivity index (χ1) is 7.95. The lowest BCUT2D eigenvalue weighted by Gasteiger charge is -2.15. The number of aliphatic hydroxyl groups excluding tert-OH is 1. The first-order valence-electron chi connectivity index (χ1n) is 5.19. The molecule has 1 N–H and O–H groups in total. The summed E-state index contributed by atoms with van der Waals surface area (Å²) >= 11 is 6.70. The summed E-state index contributed by atoms with van der Waals surface area (Å²) in [5.74, 6) is 0.0356. The minimum Gasteiger partial charge on any atom is -0.396 e. The van der Waals surface area contributed by atoms with Gasteiger partial charge in [0, 0.05) is 19.7 Å². The number of thiazole rings is 1. The number of aliphatic hydroxyl groups is 1. The average Bonchev–Trinajstić information content (AvgIpc) is 2.85. The third-order valence-electron chi connectivity index (χ3n) is 2.81. The van der Waals surface area contributed by atoms with Crippen LogP contribution in [0.25, 0.3) is 0 Å². The van der Waals surface area contributed by atoms with Crippen molar-refractivity contribution in [3.63, 3.8) is 0 Å². The highest BCUT2D eigenvalue weighted by Crippen LogP contribution is 2.31. The molecule has 1 unspecified atom stereocenters. The first kappa shape index (κ1) is 13.2. The topological polar surface area (TPSA) is 70.5 Å². The molecule has 1 saturated heterocycles. The molecule has 1 aliphatic heterocycles. The third-order valence-corrected chi connectivity index (χ3v) is 6.52. The molecular weight excluding hydrogens is 284 g/mol. The van der Waals surface area contributed by atoms with Gasteiger partial charge in [-0.15, -0.1) is 0 Å². The predicted octanol–water partition coefficient (Wildman–Crippen LogP) is 1.11. The molecule has 1 aliphatic rings. The lowest BCUT2D eigenvalue weighted by atomic mass is 10.1. The van der Waals surface area contributed by atoms with E-state index in [2.05, 4.69) is 4.98 Å². The van der Waals surface area contributed by atoms with E-state index < -0.39 is 10.0 Å². The minimum atomic E-state index is -3.50. The Bertz CT molecular complexity index is 514. The maximum atomic E-state index is 12.3. The summed E-state index contributed by atoms with van der Waals surface area (Å²) in [4.78, 5) is 3.92. The van der Waals surface area contributed by atoms with E-state index in [1.165, 1.54) is 4.31 Å². The van der Waals surface area contributed by atoms with Crippen LogP contribution in [0.3, 0.4) is 0 Å². The van der Waals surface area contributed by atoms with E-state index in [-0.39, 0.29) is 21.2 Å². The summed E-state index contributed by atoms with van der Waals surface area (Å²) in [5, 5.41) is 9.03. The summed E-state index contributed by atoms with van der Waals surface area (Å²) < 4.78 is 26.4. The van der Waals surface area contributed by atoms with E-state index in [0.29, 0.717) is 25.2 Å². The zero-order valence-corrected chi connectivity index (χ0v) is 11.6. The highest BCUT2D eigenvalue weighted by Gasteiger charge is 2.34. The lowest BCUT2D eigenvalue weighted by Crippen LogP contribution is -2.29. The number of aryl methyl sites for hydroxylation is 1. The molecule has 2 heterocycles. The zero-order valence-electron chi connectivity index (χ0n) is 9.26. The number of hydrogen-bond donors (Lipinski definition) is 1. The van der Waals surface area contributed by atoms with Crippen molar-refractivity contribution in [1.29, 1.82) is 0 Å². The number of nitrogens with zero attached hydrogens (tertiary/aromatic N) is 2. The highest BCUT2D eigenvalue weighted by atomic mass is 35.5. The second kappa shape index (κ2) is 4.81. The van der Waals surface area contributed by atoms with E-state index in [1.54, 1.807) is 6.92 Å². The first-order valence-corrected chi connectivity index (χ1v) is 7.82. The van der Waals surface area contributed by atoms with Gasteiger partial charge in [-0.2, -0.15) is 4.31 Å². The predicted molar refractivity (Wildman–Crippen MR) is 65.8 cm³/mol. The van der Waals surface area contributed by atoms with Crippen LogP contribution < -0.4 is 0 Å². The fourth-order valence-corrected chi connectivity index (χ4v) is 5.28. The smallest absolute Gasteiger partial charge is 0.254 e. The fourth-order valence-electron chi connectivity index (χ4n) is 1.87. The van der Waals surface area contributed by atoms with Crippen LogP contribution in [-0.4, -0.2) is 42.5 Å². The summed E-state index contributed by atoms with van der Waals surface area (Å²) in [5.41, 5.74) is 0.437. The van der Waals surface area contributed by atoms with Crippen LogP contribution in [0.1, 0.15) is 12.1 Å². The van der Waals surface area contributed by atoms with Crippen molar-refractivity contribution in [2.24, 2.45) is 5.92 Å². The van der Waals surface area contributed by atoms with Crippen LogP contribution in [0.2, 0.25) is 4.47 Å². The van der Waals surface area contributed by atoms with Gasteiger partial charge in [0.25, 0.3) is 10.0 Å². The van der Waals surface area contributed by atoms with Crippen molar-refractivity contribution < 1.29 is 13.5 Å². The molecule has 1 aromatic heterocycles. The Hall–Kier alpha value is -0.210. The Morgan fingerprint density at radius 1 is 1.65 bits per heavy atom. The minimum absolute atomic E-state index is 0.0223. The molecule has 0 bridgehead atoms. The number of sulfonamides is 1. The van der Waals surface area contributed by atoms with Crippen molar-refractivity contribution in [3.8, 4) is 0 Å². The highest BCUT2D eigenvalue weighted by molar-refractivity contribution is 7.91. The number of hydrogen-bond acceptors (Lipinski definition) is 5. The van der Waals surface area contributed by atoms with E-state index >= 15 is 0 Å². The Morgan fingerprint density at radius 3 is 2.82 bits per heavy atom. The van der Waals surface area contributed by atoms with Gasteiger partial charge in [-0.25, -0.2) is 13.4 Å². The van der Waals surface area contributed by atoms with Crippen molar-refractivity contribution in [1.82, 2.24) is 9.29 Å². The molecule has 17 heavy (non-hydrogen) atoms. The van der Waals surface area contributed by atoms with E-state index in [4.69, 9.17) is 16.7 Å². The molecule has 1 aromatic rings. The van der Waals surface area contributed by atoms with Crippen LogP contribution in [0.15, 0.2) is 4.21 Å². The lowest BCUT2D eigenvalue weighted by molar-refractivity contribution is 0.233. The molecule has 96 valence electrons. The molecule has 2 rings (SSSR count). The average molecular weight is 297 g/mol. The second-order valence-electron chi connectivity index (χ2n) is 4.04. The number of rotatable bonds is 3. The summed E-state index contributed by atoms with van der Waals surface area (Å²) in [6, 6.07) is 0.